The van der Waals surface area contributed by atoms with Crippen LogP contribution in [0, 0.1) is 0 Å². The predicted molar refractivity (Wildman–Crippen MR) is 123 cm³/mol. The van der Waals surface area contributed by atoms with Gasteiger partial charge in [0.25, 0.3) is 5.91 Å². The number of anilines is 3. The van der Waals surface area contributed by atoms with E-state index in [2.05, 4.69) is 21.2 Å². The summed E-state index contributed by atoms with van der Waals surface area (Å²) in [5.74, 6) is 0.150. The normalized spacial score (nSPS) is 16.8. The molecule has 31 heavy (non-hydrogen) atoms. The van der Waals surface area contributed by atoms with Gasteiger partial charge in [-0.25, -0.2) is 0 Å². The largest absolute Gasteiger partial charge is 0.482 e. The van der Waals surface area contributed by atoms with E-state index in [-0.39, 0.29) is 12.5 Å². The molecule has 7 nitrogen and oxygen atoms in total. The highest BCUT2D eigenvalue weighted by Gasteiger charge is 2.20. The van der Waals surface area contributed by atoms with Gasteiger partial charge in [0.2, 0.25) is 0 Å². The minimum absolute atomic E-state index is 0.158. The van der Waals surface area contributed by atoms with Gasteiger partial charge in [0, 0.05) is 36.9 Å². The molecule has 0 radical (unpaired) electrons. The SMILES string of the molecule is O=C(COc1ccc(Cl)cc1Cl)Nc1ccc(N2CCOCC2)cc1N1CCOCC1. The van der Waals surface area contributed by atoms with Crippen LogP contribution in [0.3, 0.4) is 0 Å². The number of rotatable bonds is 6. The smallest absolute Gasteiger partial charge is 0.262 e. The van der Waals surface area contributed by atoms with Crippen LogP contribution in [-0.4, -0.2) is 65.1 Å². The quantitative estimate of drug-likeness (QED) is 0.701. The Kier molecular flexibility index (Phi) is 7.40. The molecule has 2 aliphatic heterocycles. The Morgan fingerprint density at radius 2 is 1.61 bits per heavy atom. The van der Waals surface area contributed by atoms with Gasteiger partial charge in [-0.2, -0.15) is 0 Å². The van der Waals surface area contributed by atoms with Gasteiger partial charge in [0.15, 0.2) is 6.61 Å². The van der Waals surface area contributed by atoms with Crippen LogP contribution >= 0.6 is 23.2 Å². The van der Waals surface area contributed by atoms with E-state index in [1.807, 2.05) is 12.1 Å². The van der Waals surface area contributed by atoms with Crippen LogP contribution in [0.25, 0.3) is 0 Å². The lowest BCUT2D eigenvalue weighted by atomic mass is 10.1. The third-order valence-electron chi connectivity index (χ3n) is 5.24. The van der Waals surface area contributed by atoms with Gasteiger partial charge < -0.3 is 29.3 Å². The second-order valence-electron chi connectivity index (χ2n) is 7.31. The van der Waals surface area contributed by atoms with E-state index in [1.165, 1.54) is 0 Å². The van der Waals surface area contributed by atoms with Gasteiger partial charge in [0.05, 0.1) is 42.8 Å². The van der Waals surface area contributed by atoms with Crippen molar-refractivity contribution in [3.05, 3.63) is 46.4 Å². The first-order chi connectivity index (χ1) is 15.1. The molecule has 2 saturated heterocycles. The second kappa shape index (κ2) is 10.4. The minimum atomic E-state index is -0.264. The number of morpholine rings is 2. The molecule has 1 N–H and O–H groups in total. The summed E-state index contributed by atoms with van der Waals surface area (Å²) in [6, 6.07) is 11.0. The first-order valence-corrected chi connectivity index (χ1v) is 11.0. The summed E-state index contributed by atoms with van der Waals surface area (Å²) < 4.78 is 16.5. The lowest BCUT2D eigenvalue weighted by Crippen LogP contribution is -2.38. The highest BCUT2D eigenvalue weighted by Crippen LogP contribution is 2.32. The van der Waals surface area contributed by atoms with Crippen LogP contribution in [0.1, 0.15) is 0 Å². The molecule has 0 spiro atoms. The Balaban J connectivity index is 1.48. The summed E-state index contributed by atoms with van der Waals surface area (Å²) in [6.45, 7) is 5.84. The molecule has 0 bridgehead atoms. The van der Waals surface area contributed by atoms with Gasteiger partial charge in [-0.1, -0.05) is 23.2 Å². The molecule has 2 fully saturated rings. The minimum Gasteiger partial charge on any atom is -0.482 e. The Hall–Kier alpha value is -2.19. The van der Waals surface area contributed by atoms with Crippen LogP contribution < -0.4 is 19.9 Å². The molecule has 0 atom stereocenters. The van der Waals surface area contributed by atoms with Crippen molar-refractivity contribution in [1.82, 2.24) is 0 Å². The van der Waals surface area contributed by atoms with Crippen LogP contribution in [0.15, 0.2) is 36.4 Å². The highest BCUT2D eigenvalue weighted by atomic mass is 35.5. The van der Waals surface area contributed by atoms with E-state index in [0.29, 0.717) is 29.0 Å². The van der Waals surface area contributed by atoms with Gasteiger partial charge in [-0.3, -0.25) is 4.79 Å². The number of nitrogens with zero attached hydrogens (tertiary/aromatic N) is 2. The van der Waals surface area contributed by atoms with Crippen molar-refractivity contribution in [3.8, 4) is 5.75 Å². The number of benzene rings is 2. The maximum atomic E-state index is 12.6. The molecule has 166 valence electrons. The summed E-state index contributed by atoms with van der Waals surface area (Å²) in [5.41, 5.74) is 2.84. The molecular formula is C22H25Cl2N3O4. The standard InChI is InChI=1S/C22H25Cl2N3O4/c23-16-1-4-21(18(24)13-16)31-15-22(28)25-19-3-2-17(26-5-9-29-10-6-26)14-20(19)27-7-11-30-12-8-27/h1-4,13-14H,5-12,15H2,(H,25,28). The Bertz CT molecular complexity index is 916. The molecule has 4 rings (SSSR count). The molecule has 0 unspecified atom stereocenters. The van der Waals surface area contributed by atoms with Crippen molar-refractivity contribution in [2.45, 2.75) is 0 Å². The monoisotopic (exact) mass is 465 g/mol. The van der Waals surface area contributed by atoms with Gasteiger partial charge in [-0.05, 0) is 36.4 Å². The highest BCUT2D eigenvalue weighted by molar-refractivity contribution is 6.35. The fourth-order valence-corrected chi connectivity index (χ4v) is 4.09. The lowest BCUT2D eigenvalue weighted by molar-refractivity contribution is -0.118. The van der Waals surface area contributed by atoms with E-state index in [0.717, 1.165) is 56.5 Å². The number of hydrogen-bond acceptors (Lipinski definition) is 6. The number of halogens is 2. The molecule has 0 saturated carbocycles. The summed E-state index contributed by atoms with van der Waals surface area (Å²) in [5, 5.41) is 3.86. The average Bonchev–Trinajstić information content (AvgIpc) is 2.80. The van der Waals surface area contributed by atoms with E-state index < -0.39 is 0 Å². The molecule has 2 aliphatic rings. The molecule has 9 heteroatoms. The Morgan fingerprint density at radius 3 is 2.29 bits per heavy atom. The number of ether oxygens (including phenoxy) is 3. The van der Waals surface area contributed by atoms with Gasteiger partial charge >= 0.3 is 0 Å². The van der Waals surface area contributed by atoms with Crippen molar-refractivity contribution in [2.75, 3.05) is 74.3 Å². The predicted octanol–water partition coefficient (Wildman–Crippen LogP) is 3.68. The Labute approximate surface area is 191 Å². The number of carbonyl (C=O) groups excluding carboxylic acids is 1. The molecular weight excluding hydrogens is 441 g/mol. The third kappa shape index (κ3) is 5.74. The topological polar surface area (TPSA) is 63.3 Å². The molecule has 2 aromatic carbocycles. The first-order valence-electron chi connectivity index (χ1n) is 10.3. The van der Waals surface area contributed by atoms with Crippen molar-refractivity contribution < 1.29 is 19.0 Å². The molecule has 2 aromatic rings. The fourth-order valence-electron chi connectivity index (χ4n) is 3.63. The second-order valence-corrected chi connectivity index (χ2v) is 8.16. The van der Waals surface area contributed by atoms with Crippen LogP contribution in [-0.2, 0) is 14.3 Å². The fraction of sp³-hybridized carbons (Fsp3) is 0.409. The van der Waals surface area contributed by atoms with Crippen molar-refractivity contribution in [1.29, 1.82) is 0 Å². The van der Waals surface area contributed by atoms with E-state index in [4.69, 9.17) is 37.4 Å². The molecule has 2 heterocycles. The van der Waals surface area contributed by atoms with E-state index in [9.17, 15) is 4.79 Å². The van der Waals surface area contributed by atoms with E-state index >= 15 is 0 Å². The van der Waals surface area contributed by atoms with Crippen molar-refractivity contribution in [2.24, 2.45) is 0 Å². The van der Waals surface area contributed by atoms with Crippen LogP contribution in [0.4, 0.5) is 17.1 Å². The molecule has 0 aromatic heterocycles. The summed E-state index contributed by atoms with van der Waals surface area (Å²) in [6.07, 6.45) is 0. The summed E-state index contributed by atoms with van der Waals surface area (Å²) in [7, 11) is 0. The number of nitrogens with one attached hydrogen (secondary N) is 1. The molecule has 1 amide bonds. The summed E-state index contributed by atoms with van der Waals surface area (Å²) in [4.78, 5) is 17.1. The molecule has 0 aliphatic carbocycles. The number of amides is 1. The van der Waals surface area contributed by atoms with Crippen LogP contribution in [0.2, 0.25) is 10.0 Å². The van der Waals surface area contributed by atoms with Crippen molar-refractivity contribution in [3.63, 3.8) is 0 Å². The summed E-state index contributed by atoms with van der Waals surface area (Å²) >= 11 is 12.0. The zero-order chi connectivity index (χ0) is 21.6. The van der Waals surface area contributed by atoms with Gasteiger partial charge in [-0.15, -0.1) is 0 Å². The maximum absolute atomic E-state index is 12.6. The zero-order valence-electron chi connectivity index (χ0n) is 17.1. The third-order valence-corrected chi connectivity index (χ3v) is 5.77. The average molecular weight is 466 g/mol. The number of carbonyl (C=O) groups is 1. The first kappa shape index (κ1) is 22.0. The Morgan fingerprint density at radius 1 is 0.935 bits per heavy atom. The van der Waals surface area contributed by atoms with E-state index in [1.54, 1.807) is 18.2 Å². The van der Waals surface area contributed by atoms with Crippen molar-refractivity contribution >= 4 is 46.2 Å². The maximum Gasteiger partial charge on any atom is 0.262 e. The zero-order valence-corrected chi connectivity index (χ0v) is 18.6. The lowest BCUT2D eigenvalue weighted by Gasteiger charge is -2.33. The van der Waals surface area contributed by atoms with Gasteiger partial charge in [0.1, 0.15) is 5.75 Å². The van der Waals surface area contributed by atoms with Crippen LogP contribution in [0.5, 0.6) is 5.75 Å². The number of hydrogen-bond donors (Lipinski definition) is 1.